The minimum atomic E-state index is -1.19. The summed E-state index contributed by atoms with van der Waals surface area (Å²) < 4.78 is 1.61. The minimum Gasteiger partial charge on any atom is -0.383 e. The fraction of sp³-hybridized carbons (Fsp3) is 0.412. The Hall–Kier alpha value is -1.85. The third kappa shape index (κ3) is 3.92. The first-order chi connectivity index (χ1) is 10.6. The molecule has 0 aliphatic rings. The summed E-state index contributed by atoms with van der Waals surface area (Å²) in [5, 5.41) is 18.0. The van der Waals surface area contributed by atoms with E-state index in [0.717, 1.165) is 5.56 Å². The summed E-state index contributed by atoms with van der Waals surface area (Å²) >= 11 is 6.01. The Labute approximate surface area is 141 Å². The molecule has 6 heteroatoms. The summed E-state index contributed by atoms with van der Waals surface area (Å²) in [6.45, 7) is 5.40. The number of aryl methyl sites for hydroxylation is 1. The van der Waals surface area contributed by atoms with Crippen molar-refractivity contribution in [3.05, 3.63) is 52.8 Å². The number of benzene rings is 1. The first-order valence-electron chi connectivity index (χ1n) is 7.39. The SMILES string of the molecule is Cn1cc(C(C)(O)CNC(=O)C(C)(C)c2cccc(Cl)c2)cn1. The Kier molecular flexibility index (Phi) is 4.82. The number of nitrogens with one attached hydrogen (secondary N) is 1. The van der Waals surface area contributed by atoms with Gasteiger partial charge in [0.15, 0.2) is 0 Å². The molecule has 5 nitrogen and oxygen atoms in total. The number of halogens is 1. The third-order valence-corrected chi connectivity index (χ3v) is 4.27. The molecule has 2 rings (SSSR count). The van der Waals surface area contributed by atoms with Gasteiger partial charge in [-0.3, -0.25) is 9.48 Å². The molecule has 0 aliphatic heterocycles. The van der Waals surface area contributed by atoms with E-state index in [4.69, 9.17) is 11.6 Å². The Morgan fingerprint density at radius 3 is 2.61 bits per heavy atom. The van der Waals surface area contributed by atoms with Crippen molar-refractivity contribution in [2.45, 2.75) is 31.8 Å². The maximum atomic E-state index is 12.6. The highest BCUT2D eigenvalue weighted by molar-refractivity contribution is 6.30. The van der Waals surface area contributed by atoms with Gasteiger partial charge in [0.25, 0.3) is 0 Å². The second-order valence-corrected chi connectivity index (χ2v) is 6.93. The molecule has 0 saturated heterocycles. The van der Waals surface area contributed by atoms with Crippen molar-refractivity contribution >= 4 is 17.5 Å². The summed E-state index contributed by atoms with van der Waals surface area (Å²) in [6, 6.07) is 7.23. The summed E-state index contributed by atoms with van der Waals surface area (Å²) in [7, 11) is 1.78. The number of amides is 1. The van der Waals surface area contributed by atoms with E-state index in [1.54, 1.807) is 43.2 Å². The molecular formula is C17H22ClN3O2. The molecule has 1 amide bonds. The average molecular weight is 336 g/mol. The molecule has 124 valence electrons. The number of rotatable bonds is 5. The molecule has 1 unspecified atom stereocenters. The largest absolute Gasteiger partial charge is 0.383 e. The van der Waals surface area contributed by atoms with Gasteiger partial charge in [-0.25, -0.2) is 0 Å². The highest BCUT2D eigenvalue weighted by Gasteiger charge is 2.32. The zero-order valence-corrected chi connectivity index (χ0v) is 14.6. The van der Waals surface area contributed by atoms with Gasteiger partial charge in [0.2, 0.25) is 5.91 Å². The Bertz CT molecular complexity index is 707. The Morgan fingerprint density at radius 2 is 2.04 bits per heavy atom. The number of carbonyl (C=O) groups excluding carboxylic acids is 1. The molecule has 1 aromatic carbocycles. The van der Waals surface area contributed by atoms with Gasteiger partial charge in [-0.15, -0.1) is 0 Å². The van der Waals surface area contributed by atoms with E-state index >= 15 is 0 Å². The predicted molar refractivity (Wildman–Crippen MR) is 90.3 cm³/mol. The molecule has 0 spiro atoms. The van der Waals surface area contributed by atoms with Gasteiger partial charge in [0.1, 0.15) is 5.60 Å². The average Bonchev–Trinajstić information content (AvgIpc) is 2.92. The van der Waals surface area contributed by atoms with Crippen LogP contribution in [0.2, 0.25) is 5.02 Å². The van der Waals surface area contributed by atoms with Gasteiger partial charge < -0.3 is 10.4 Å². The van der Waals surface area contributed by atoms with E-state index < -0.39 is 11.0 Å². The second-order valence-electron chi connectivity index (χ2n) is 6.49. The summed E-state index contributed by atoms with van der Waals surface area (Å²) in [6.07, 6.45) is 3.32. The Morgan fingerprint density at radius 1 is 1.35 bits per heavy atom. The van der Waals surface area contributed by atoms with Gasteiger partial charge in [-0.1, -0.05) is 23.7 Å². The van der Waals surface area contributed by atoms with Crippen LogP contribution in [0, 0.1) is 0 Å². The normalized spacial score (nSPS) is 14.3. The van der Waals surface area contributed by atoms with Crippen LogP contribution in [0.15, 0.2) is 36.7 Å². The summed E-state index contributed by atoms with van der Waals surface area (Å²) in [5.74, 6) is -0.177. The summed E-state index contributed by atoms with van der Waals surface area (Å²) in [4.78, 5) is 12.6. The molecule has 0 saturated carbocycles. The fourth-order valence-corrected chi connectivity index (χ4v) is 2.47. The van der Waals surface area contributed by atoms with Crippen molar-refractivity contribution in [2.75, 3.05) is 6.54 Å². The molecule has 1 atom stereocenters. The second kappa shape index (κ2) is 6.34. The predicted octanol–water partition coefficient (Wildman–Crippen LogP) is 2.38. The van der Waals surface area contributed by atoms with E-state index in [1.807, 2.05) is 26.0 Å². The molecular weight excluding hydrogens is 314 g/mol. The van der Waals surface area contributed by atoms with Gasteiger partial charge in [0, 0.05) is 23.8 Å². The van der Waals surface area contributed by atoms with Crippen molar-refractivity contribution < 1.29 is 9.90 Å². The lowest BCUT2D eigenvalue weighted by molar-refractivity contribution is -0.126. The van der Waals surface area contributed by atoms with Crippen LogP contribution >= 0.6 is 11.6 Å². The Balaban J connectivity index is 2.09. The topological polar surface area (TPSA) is 67.2 Å². The van der Waals surface area contributed by atoms with Crippen LogP contribution in [0.4, 0.5) is 0 Å². The van der Waals surface area contributed by atoms with E-state index in [9.17, 15) is 9.90 Å². The first-order valence-corrected chi connectivity index (χ1v) is 7.76. The van der Waals surface area contributed by atoms with Gasteiger partial charge in [0.05, 0.1) is 18.2 Å². The van der Waals surface area contributed by atoms with E-state index in [2.05, 4.69) is 10.4 Å². The number of aromatic nitrogens is 2. The fourth-order valence-electron chi connectivity index (χ4n) is 2.28. The molecule has 2 aromatic rings. The lowest BCUT2D eigenvalue weighted by atomic mass is 9.83. The van der Waals surface area contributed by atoms with Crippen molar-refractivity contribution in [1.29, 1.82) is 0 Å². The third-order valence-electron chi connectivity index (χ3n) is 4.03. The van der Waals surface area contributed by atoms with Crippen LogP contribution in [-0.4, -0.2) is 27.3 Å². The smallest absolute Gasteiger partial charge is 0.230 e. The first kappa shape index (κ1) is 17.5. The van der Waals surface area contributed by atoms with Crippen molar-refractivity contribution in [3.8, 4) is 0 Å². The zero-order chi connectivity index (χ0) is 17.3. The molecule has 23 heavy (non-hydrogen) atoms. The number of hydrogen-bond acceptors (Lipinski definition) is 3. The van der Waals surface area contributed by atoms with E-state index in [0.29, 0.717) is 10.6 Å². The maximum Gasteiger partial charge on any atom is 0.230 e. The van der Waals surface area contributed by atoms with Crippen LogP contribution in [0.1, 0.15) is 31.9 Å². The van der Waals surface area contributed by atoms with E-state index in [-0.39, 0.29) is 12.5 Å². The molecule has 0 aliphatic carbocycles. The lowest BCUT2D eigenvalue weighted by Crippen LogP contribution is -2.45. The van der Waals surface area contributed by atoms with Gasteiger partial charge >= 0.3 is 0 Å². The molecule has 2 N–H and O–H groups in total. The van der Waals surface area contributed by atoms with Crippen molar-refractivity contribution in [3.63, 3.8) is 0 Å². The molecule has 1 heterocycles. The molecule has 0 radical (unpaired) electrons. The summed E-state index contributed by atoms with van der Waals surface area (Å²) in [5.41, 5.74) is -0.464. The molecule has 0 bridgehead atoms. The van der Waals surface area contributed by atoms with Crippen LogP contribution < -0.4 is 5.32 Å². The molecule has 0 fully saturated rings. The van der Waals surface area contributed by atoms with Crippen LogP contribution in [0.5, 0.6) is 0 Å². The monoisotopic (exact) mass is 335 g/mol. The van der Waals surface area contributed by atoms with Gasteiger partial charge in [-0.05, 0) is 38.5 Å². The number of hydrogen-bond donors (Lipinski definition) is 2. The number of nitrogens with zero attached hydrogens (tertiary/aromatic N) is 2. The number of carbonyl (C=O) groups is 1. The van der Waals surface area contributed by atoms with Crippen LogP contribution in [0.3, 0.4) is 0 Å². The molecule has 1 aromatic heterocycles. The standard InChI is InChI=1S/C17H22ClN3O2/c1-16(2,12-6-5-7-14(18)8-12)15(22)19-11-17(3,23)13-9-20-21(4)10-13/h5-10,23H,11H2,1-4H3,(H,19,22). The van der Waals surface area contributed by atoms with Crippen molar-refractivity contribution in [1.82, 2.24) is 15.1 Å². The number of aliphatic hydroxyl groups is 1. The highest BCUT2D eigenvalue weighted by atomic mass is 35.5. The minimum absolute atomic E-state index is 0.0987. The highest BCUT2D eigenvalue weighted by Crippen LogP contribution is 2.26. The maximum absolute atomic E-state index is 12.6. The van der Waals surface area contributed by atoms with Gasteiger partial charge in [-0.2, -0.15) is 5.10 Å². The lowest BCUT2D eigenvalue weighted by Gasteiger charge is -2.28. The van der Waals surface area contributed by atoms with Crippen LogP contribution in [-0.2, 0) is 22.9 Å². The van der Waals surface area contributed by atoms with Crippen molar-refractivity contribution in [2.24, 2.45) is 7.05 Å². The zero-order valence-electron chi connectivity index (χ0n) is 13.8. The quantitative estimate of drug-likeness (QED) is 0.881. The van der Waals surface area contributed by atoms with Crippen LogP contribution in [0.25, 0.3) is 0 Å². The van der Waals surface area contributed by atoms with E-state index in [1.165, 1.54) is 0 Å².